The second-order valence-corrected chi connectivity index (χ2v) is 3.99. The Balaban J connectivity index is 2.62. The molecule has 1 aliphatic rings. The standard InChI is InChI=1S/C7H10Cl2O/c8-6-3-1-2-4-7(6,9)5-10/h5-6H,1-4H2. The molecular weight excluding hydrogens is 171 g/mol. The minimum absolute atomic E-state index is 0.166. The van der Waals surface area contributed by atoms with E-state index in [2.05, 4.69) is 0 Å². The van der Waals surface area contributed by atoms with Crippen molar-refractivity contribution in [3.63, 3.8) is 0 Å². The van der Waals surface area contributed by atoms with E-state index in [9.17, 15) is 4.79 Å². The molecule has 0 heterocycles. The molecule has 0 N–H and O–H groups in total. The number of carbonyl (C=O) groups excluding carboxylic acids is 1. The maximum absolute atomic E-state index is 10.5. The van der Waals surface area contributed by atoms with E-state index in [1.54, 1.807) is 0 Å². The molecule has 58 valence electrons. The molecule has 2 atom stereocenters. The van der Waals surface area contributed by atoms with Gasteiger partial charge in [0.25, 0.3) is 0 Å². The first-order valence-electron chi connectivity index (χ1n) is 3.48. The van der Waals surface area contributed by atoms with Gasteiger partial charge in [0.2, 0.25) is 0 Å². The van der Waals surface area contributed by atoms with Gasteiger partial charge in [0.15, 0.2) is 0 Å². The first kappa shape index (κ1) is 8.35. The summed E-state index contributed by atoms with van der Waals surface area (Å²) in [5.74, 6) is 0. The van der Waals surface area contributed by atoms with Crippen molar-refractivity contribution in [2.45, 2.75) is 35.9 Å². The van der Waals surface area contributed by atoms with Gasteiger partial charge in [-0.15, -0.1) is 23.2 Å². The van der Waals surface area contributed by atoms with Gasteiger partial charge in [-0.05, 0) is 12.8 Å². The lowest BCUT2D eigenvalue weighted by Crippen LogP contribution is -2.37. The Labute approximate surface area is 70.7 Å². The van der Waals surface area contributed by atoms with Gasteiger partial charge in [-0.1, -0.05) is 12.8 Å². The number of rotatable bonds is 1. The van der Waals surface area contributed by atoms with E-state index in [-0.39, 0.29) is 5.38 Å². The minimum atomic E-state index is -0.764. The van der Waals surface area contributed by atoms with Gasteiger partial charge in [-0.3, -0.25) is 0 Å². The predicted molar refractivity (Wildman–Crippen MR) is 42.8 cm³/mol. The fraction of sp³-hybridized carbons (Fsp3) is 0.857. The average molecular weight is 181 g/mol. The zero-order chi connectivity index (χ0) is 7.61. The first-order valence-corrected chi connectivity index (χ1v) is 4.30. The molecule has 0 aromatic rings. The topological polar surface area (TPSA) is 17.1 Å². The van der Waals surface area contributed by atoms with Crippen LogP contribution in [0, 0.1) is 0 Å². The molecule has 10 heavy (non-hydrogen) atoms. The van der Waals surface area contributed by atoms with Gasteiger partial charge in [0.05, 0.1) is 5.38 Å². The largest absolute Gasteiger partial charge is 0.301 e. The molecule has 1 saturated carbocycles. The molecule has 0 radical (unpaired) electrons. The van der Waals surface area contributed by atoms with Gasteiger partial charge in [0.1, 0.15) is 11.2 Å². The molecule has 0 spiro atoms. The Hall–Kier alpha value is 0.250. The number of aldehydes is 1. The molecule has 0 bridgehead atoms. The summed E-state index contributed by atoms with van der Waals surface area (Å²) in [5, 5.41) is -0.166. The predicted octanol–water partition coefficient (Wildman–Crippen LogP) is 2.34. The van der Waals surface area contributed by atoms with Gasteiger partial charge < -0.3 is 4.79 Å². The maximum atomic E-state index is 10.5. The summed E-state index contributed by atoms with van der Waals surface area (Å²) in [7, 11) is 0. The molecule has 3 heteroatoms. The van der Waals surface area contributed by atoms with Crippen molar-refractivity contribution in [2.24, 2.45) is 0 Å². The lowest BCUT2D eigenvalue weighted by atomic mass is 9.89. The lowest BCUT2D eigenvalue weighted by molar-refractivity contribution is -0.110. The summed E-state index contributed by atoms with van der Waals surface area (Å²) in [6.07, 6.45) is 4.49. The number of hydrogen-bond donors (Lipinski definition) is 0. The normalized spacial score (nSPS) is 41.2. The Kier molecular flexibility index (Phi) is 2.59. The zero-order valence-electron chi connectivity index (χ0n) is 5.65. The van der Waals surface area contributed by atoms with Crippen LogP contribution in [0.5, 0.6) is 0 Å². The molecule has 0 amide bonds. The highest BCUT2D eigenvalue weighted by Gasteiger charge is 2.37. The van der Waals surface area contributed by atoms with Gasteiger partial charge in [-0.25, -0.2) is 0 Å². The van der Waals surface area contributed by atoms with Crippen molar-refractivity contribution < 1.29 is 4.79 Å². The van der Waals surface area contributed by atoms with E-state index >= 15 is 0 Å². The van der Waals surface area contributed by atoms with Crippen LogP contribution in [-0.4, -0.2) is 16.5 Å². The first-order chi connectivity index (χ1) is 4.69. The summed E-state index contributed by atoms with van der Waals surface area (Å²) in [5.41, 5.74) is 0. The van der Waals surface area contributed by atoms with Gasteiger partial charge >= 0.3 is 0 Å². The lowest BCUT2D eigenvalue weighted by Gasteiger charge is -2.30. The van der Waals surface area contributed by atoms with Crippen molar-refractivity contribution >= 4 is 29.5 Å². The SMILES string of the molecule is O=CC1(Cl)CCCCC1Cl. The summed E-state index contributed by atoms with van der Waals surface area (Å²) in [6, 6.07) is 0. The van der Waals surface area contributed by atoms with Crippen LogP contribution >= 0.6 is 23.2 Å². The molecular formula is C7H10Cl2O. The van der Waals surface area contributed by atoms with Crippen molar-refractivity contribution in [1.82, 2.24) is 0 Å². The van der Waals surface area contributed by atoms with Crippen LogP contribution < -0.4 is 0 Å². The Bertz CT molecular complexity index is 138. The molecule has 1 aliphatic carbocycles. The van der Waals surface area contributed by atoms with Crippen LogP contribution in [0.1, 0.15) is 25.7 Å². The minimum Gasteiger partial charge on any atom is -0.301 e. The van der Waals surface area contributed by atoms with Crippen LogP contribution in [0.15, 0.2) is 0 Å². The van der Waals surface area contributed by atoms with Crippen LogP contribution in [0.2, 0.25) is 0 Å². The molecule has 0 aromatic heterocycles. The second kappa shape index (κ2) is 3.10. The van der Waals surface area contributed by atoms with E-state index in [0.717, 1.165) is 32.0 Å². The summed E-state index contributed by atoms with van der Waals surface area (Å²) in [6.45, 7) is 0. The summed E-state index contributed by atoms with van der Waals surface area (Å²) in [4.78, 5) is 9.71. The summed E-state index contributed by atoms with van der Waals surface area (Å²) < 4.78 is 0. The van der Waals surface area contributed by atoms with Gasteiger partial charge in [-0.2, -0.15) is 0 Å². The van der Waals surface area contributed by atoms with Crippen LogP contribution in [0.25, 0.3) is 0 Å². The molecule has 0 aliphatic heterocycles. The van der Waals surface area contributed by atoms with Crippen molar-refractivity contribution in [2.75, 3.05) is 0 Å². The Morgan fingerprint density at radius 2 is 2.20 bits per heavy atom. The monoisotopic (exact) mass is 180 g/mol. The second-order valence-electron chi connectivity index (χ2n) is 2.76. The zero-order valence-corrected chi connectivity index (χ0v) is 7.16. The number of carbonyl (C=O) groups is 1. The molecule has 1 rings (SSSR count). The van der Waals surface area contributed by atoms with E-state index < -0.39 is 4.87 Å². The maximum Gasteiger partial charge on any atom is 0.142 e. The highest BCUT2D eigenvalue weighted by Crippen LogP contribution is 2.35. The van der Waals surface area contributed by atoms with Gasteiger partial charge in [0, 0.05) is 0 Å². The van der Waals surface area contributed by atoms with Crippen molar-refractivity contribution in [1.29, 1.82) is 0 Å². The number of alkyl halides is 2. The third kappa shape index (κ3) is 1.46. The van der Waals surface area contributed by atoms with Crippen molar-refractivity contribution in [3.05, 3.63) is 0 Å². The molecule has 1 nitrogen and oxygen atoms in total. The molecule has 0 saturated heterocycles. The molecule has 1 fully saturated rings. The van der Waals surface area contributed by atoms with Crippen LogP contribution in [0.3, 0.4) is 0 Å². The van der Waals surface area contributed by atoms with E-state index in [1.165, 1.54) is 0 Å². The smallest absolute Gasteiger partial charge is 0.142 e. The third-order valence-corrected chi connectivity index (χ3v) is 3.24. The van der Waals surface area contributed by atoms with Crippen LogP contribution in [0.4, 0.5) is 0 Å². The van der Waals surface area contributed by atoms with E-state index in [0.29, 0.717) is 0 Å². The Morgan fingerprint density at radius 1 is 1.50 bits per heavy atom. The number of hydrogen-bond acceptors (Lipinski definition) is 1. The highest BCUT2D eigenvalue weighted by molar-refractivity contribution is 6.38. The number of halogens is 2. The Morgan fingerprint density at radius 3 is 2.60 bits per heavy atom. The van der Waals surface area contributed by atoms with E-state index in [1.807, 2.05) is 0 Å². The average Bonchev–Trinajstić information content (AvgIpc) is 1.96. The molecule has 0 aromatic carbocycles. The highest BCUT2D eigenvalue weighted by atomic mass is 35.5. The van der Waals surface area contributed by atoms with Crippen molar-refractivity contribution in [3.8, 4) is 0 Å². The fourth-order valence-electron chi connectivity index (χ4n) is 1.25. The molecule has 2 unspecified atom stereocenters. The summed E-state index contributed by atoms with van der Waals surface area (Å²) >= 11 is 11.8. The van der Waals surface area contributed by atoms with E-state index in [4.69, 9.17) is 23.2 Å². The third-order valence-electron chi connectivity index (χ3n) is 1.98. The van der Waals surface area contributed by atoms with Crippen LogP contribution in [-0.2, 0) is 4.79 Å². The quantitative estimate of drug-likeness (QED) is 0.448. The fourth-order valence-corrected chi connectivity index (χ4v) is 1.81.